The molecule has 0 amide bonds. The Bertz CT molecular complexity index is 622. The Morgan fingerprint density at radius 2 is 2.09 bits per heavy atom. The van der Waals surface area contributed by atoms with Gasteiger partial charge in [0.25, 0.3) is 0 Å². The lowest BCUT2D eigenvalue weighted by Crippen LogP contribution is -2.43. The van der Waals surface area contributed by atoms with Crippen molar-refractivity contribution in [2.45, 2.75) is 64.4 Å². The fraction of sp³-hybridized carbons (Fsp3) is 0.579. The molecule has 0 saturated carbocycles. The van der Waals surface area contributed by atoms with E-state index in [0.717, 1.165) is 36.8 Å². The highest BCUT2D eigenvalue weighted by Gasteiger charge is 2.52. The summed E-state index contributed by atoms with van der Waals surface area (Å²) in [6.07, 6.45) is 3.68. The number of unbranched alkanes of at least 4 members (excludes halogenated alkanes) is 2. The lowest BCUT2D eigenvalue weighted by molar-refractivity contribution is -0.229. The number of halogens is 2. The van der Waals surface area contributed by atoms with E-state index >= 15 is 0 Å². The second-order valence-corrected chi connectivity index (χ2v) is 6.83. The maximum Gasteiger partial charge on any atom is 0.401 e. The summed E-state index contributed by atoms with van der Waals surface area (Å²) in [7, 11) is 0. The number of rotatable bonds is 4. The van der Waals surface area contributed by atoms with Crippen molar-refractivity contribution in [1.29, 1.82) is 0 Å². The van der Waals surface area contributed by atoms with Gasteiger partial charge in [0.2, 0.25) is 0 Å². The van der Waals surface area contributed by atoms with Crippen LogP contribution >= 0.6 is 0 Å². The summed E-state index contributed by atoms with van der Waals surface area (Å²) >= 11 is 0. The second-order valence-electron chi connectivity index (χ2n) is 6.83. The molecule has 2 aliphatic rings. The van der Waals surface area contributed by atoms with E-state index < -0.39 is 17.9 Å². The minimum atomic E-state index is -3.18. The zero-order valence-electron chi connectivity index (χ0n) is 13.7. The first-order valence-corrected chi connectivity index (χ1v) is 8.52. The lowest BCUT2D eigenvalue weighted by atomic mass is 9.74. The average molecular weight is 322 g/mol. The van der Waals surface area contributed by atoms with Crippen LogP contribution < -0.4 is 4.74 Å². The quantitative estimate of drug-likeness (QED) is 0.581. The van der Waals surface area contributed by atoms with Gasteiger partial charge in [0.15, 0.2) is 0 Å². The number of hydrogen-bond acceptors (Lipinski definition) is 2. The molecule has 0 aromatic heterocycles. The Balaban J connectivity index is 1.99. The number of benzene rings is 1. The Kier molecular flexibility index (Phi) is 4.35. The molecule has 23 heavy (non-hydrogen) atoms. The van der Waals surface area contributed by atoms with Crippen LogP contribution in [0.5, 0.6) is 11.5 Å². The molecule has 4 heteroatoms. The molecule has 126 valence electrons. The van der Waals surface area contributed by atoms with Crippen LogP contribution in [-0.4, -0.2) is 11.2 Å². The Labute approximate surface area is 136 Å². The molecular weight excluding hydrogens is 298 g/mol. The molecule has 3 rings (SSSR count). The molecule has 0 saturated heterocycles. The first-order chi connectivity index (χ1) is 10.9. The molecule has 0 fully saturated rings. The molecule has 1 aromatic carbocycles. The van der Waals surface area contributed by atoms with Crippen molar-refractivity contribution in [2.75, 3.05) is 0 Å². The summed E-state index contributed by atoms with van der Waals surface area (Å²) in [4.78, 5) is 0. The third-order valence-electron chi connectivity index (χ3n) is 5.01. The molecule has 1 N–H and O–H groups in total. The van der Waals surface area contributed by atoms with Gasteiger partial charge < -0.3 is 9.84 Å². The van der Waals surface area contributed by atoms with Gasteiger partial charge in [-0.25, -0.2) is 0 Å². The van der Waals surface area contributed by atoms with Gasteiger partial charge in [-0.15, -0.1) is 0 Å². The average Bonchev–Trinajstić information content (AvgIpc) is 2.46. The fourth-order valence-corrected chi connectivity index (χ4v) is 3.76. The van der Waals surface area contributed by atoms with Gasteiger partial charge in [-0.1, -0.05) is 31.4 Å². The highest BCUT2D eigenvalue weighted by molar-refractivity contribution is 5.53. The van der Waals surface area contributed by atoms with Gasteiger partial charge in [-0.3, -0.25) is 0 Å². The fourth-order valence-electron chi connectivity index (χ4n) is 3.76. The minimum Gasteiger partial charge on any atom is -0.507 e. The van der Waals surface area contributed by atoms with Crippen molar-refractivity contribution in [3.8, 4) is 11.5 Å². The summed E-state index contributed by atoms with van der Waals surface area (Å²) in [5, 5.41) is 10.4. The van der Waals surface area contributed by atoms with Crippen molar-refractivity contribution in [1.82, 2.24) is 0 Å². The van der Waals surface area contributed by atoms with Crippen LogP contribution in [-0.2, 0) is 6.42 Å². The van der Waals surface area contributed by atoms with E-state index in [9.17, 15) is 13.9 Å². The number of ether oxygens (including phenoxy) is 1. The number of alkyl halides is 2. The monoisotopic (exact) mass is 322 g/mol. The van der Waals surface area contributed by atoms with Crippen LogP contribution in [0.15, 0.2) is 23.8 Å². The summed E-state index contributed by atoms with van der Waals surface area (Å²) in [5.74, 6) is -1.12. The maximum absolute atomic E-state index is 14.4. The molecule has 0 radical (unpaired) electrons. The number of aryl methyl sites for hydroxylation is 1. The van der Waals surface area contributed by atoms with Crippen molar-refractivity contribution in [2.24, 2.45) is 5.92 Å². The van der Waals surface area contributed by atoms with E-state index in [-0.39, 0.29) is 11.5 Å². The van der Waals surface area contributed by atoms with Crippen LogP contribution in [0.3, 0.4) is 0 Å². The summed E-state index contributed by atoms with van der Waals surface area (Å²) in [6, 6.07) is 3.41. The molecule has 0 spiro atoms. The van der Waals surface area contributed by atoms with Crippen LogP contribution in [0.2, 0.25) is 0 Å². The number of phenolic OH excluding ortho intramolecular Hbond substituents is 1. The number of allylic oxidation sites excluding steroid dienone is 2. The van der Waals surface area contributed by atoms with Gasteiger partial charge in [-0.05, 0) is 50.3 Å². The first-order valence-electron chi connectivity index (χ1n) is 8.52. The standard InChI is InChI=1S/C19H24F2O2/c1-3-4-5-6-13-10-16(22)18-14-9-12(2)7-8-15(14)19(20,21)23-17(18)11-13/h9-11,14-15,22H,3-8H2,1-2H3. The Morgan fingerprint density at radius 1 is 1.30 bits per heavy atom. The number of phenols is 1. The highest BCUT2D eigenvalue weighted by atomic mass is 19.3. The maximum atomic E-state index is 14.4. The normalized spacial score (nSPS) is 25.1. The van der Waals surface area contributed by atoms with E-state index in [1.54, 1.807) is 12.1 Å². The van der Waals surface area contributed by atoms with Gasteiger partial charge in [-0.2, -0.15) is 8.78 Å². The molecule has 1 heterocycles. The number of fused-ring (bicyclic) bond motifs is 3. The zero-order chi connectivity index (χ0) is 16.6. The molecular formula is C19H24F2O2. The Hall–Kier alpha value is -1.58. The minimum absolute atomic E-state index is 0.0884. The van der Waals surface area contributed by atoms with Crippen LogP contribution in [0.1, 0.15) is 63.0 Å². The molecule has 1 aromatic rings. The van der Waals surface area contributed by atoms with E-state index in [4.69, 9.17) is 4.74 Å². The molecule has 2 atom stereocenters. The van der Waals surface area contributed by atoms with E-state index in [0.29, 0.717) is 18.4 Å². The predicted octanol–water partition coefficient (Wildman–Crippen LogP) is 5.55. The van der Waals surface area contributed by atoms with E-state index in [2.05, 4.69) is 6.92 Å². The lowest BCUT2D eigenvalue weighted by Gasteiger charge is -2.40. The van der Waals surface area contributed by atoms with Gasteiger partial charge >= 0.3 is 6.11 Å². The zero-order valence-corrected chi connectivity index (χ0v) is 13.7. The molecule has 1 aliphatic carbocycles. The topological polar surface area (TPSA) is 29.5 Å². The van der Waals surface area contributed by atoms with E-state index in [1.807, 2.05) is 13.0 Å². The predicted molar refractivity (Wildman–Crippen MR) is 86.1 cm³/mol. The van der Waals surface area contributed by atoms with Gasteiger partial charge in [0, 0.05) is 11.5 Å². The molecule has 2 unspecified atom stereocenters. The molecule has 0 bridgehead atoms. The molecule has 2 nitrogen and oxygen atoms in total. The largest absolute Gasteiger partial charge is 0.507 e. The van der Waals surface area contributed by atoms with Crippen molar-refractivity contribution >= 4 is 0 Å². The second kappa shape index (κ2) is 6.14. The van der Waals surface area contributed by atoms with E-state index in [1.165, 1.54) is 0 Å². The number of hydrogen-bond donors (Lipinski definition) is 1. The third-order valence-corrected chi connectivity index (χ3v) is 5.01. The van der Waals surface area contributed by atoms with Crippen molar-refractivity contribution < 1.29 is 18.6 Å². The molecule has 1 aliphatic heterocycles. The smallest absolute Gasteiger partial charge is 0.401 e. The first kappa shape index (κ1) is 16.3. The number of aromatic hydroxyl groups is 1. The van der Waals surface area contributed by atoms with Crippen LogP contribution in [0.25, 0.3) is 0 Å². The third kappa shape index (κ3) is 3.08. The summed E-state index contributed by atoms with van der Waals surface area (Å²) in [5.41, 5.74) is 2.49. The van der Waals surface area contributed by atoms with Gasteiger partial charge in [0.1, 0.15) is 11.5 Å². The van der Waals surface area contributed by atoms with Crippen molar-refractivity contribution in [3.63, 3.8) is 0 Å². The Morgan fingerprint density at radius 3 is 2.83 bits per heavy atom. The SMILES string of the molecule is CCCCCc1cc(O)c2c(c1)OC(F)(F)C1CCC(C)=CC21. The summed E-state index contributed by atoms with van der Waals surface area (Å²) in [6.45, 7) is 4.07. The van der Waals surface area contributed by atoms with Crippen LogP contribution in [0.4, 0.5) is 8.78 Å². The van der Waals surface area contributed by atoms with Crippen LogP contribution in [0, 0.1) is 5.92 Å². The van der Waals surface area contributed by atoms with Crippen molar-refractivity contribution in [3.05, 3.63) is 34.9 Å². The highest BCUT2D eigenvalue weighted by Crippen LogP contribution is 2.54. The van der Waals surface area contributed by atoms with Gasteiger partial charge in [0.05, 0.1) is 5.92 Å². The summed E-state index contributed by atoms with van der Waals surface area (Å²) < 4.78 is 33.8.